The van der Waals surface area contributed by atoms with Gasteiger partial charge in [0, 0.05) is 52.2 Å². The van der Waals surface area contributed by atoms with Gasteiger partial charge in [0.2, 0.25) is 5.79 Å². The highest BCUT2D eigenvalue weighted by atomic mass is 35.5. The Morgan fingerprint density at radius 3 is 2.79 bits per heavy atom. The molecule has 0 bridgehead atoms. The van der Waals surface area contributed by atoms with Gasteiger partial charge >= 0.3 is 0 Å². The molecule has 3 aromatic rings. The number of hydrogen-bond acceptors (Lipinski definition) is 4. The Morgan fingerprint density at radius 2 is 2.00 bits per heavy atom. The highest BCUT2D eigenvalue weighted by Crippen LogP contribution is 2.38. The Labute approximate surface area is 169 Å². The van der Waals surface area contributed by atoms with E-state index >= 15 is 0 Å². The molecule has 2 aromatic heterocycles. The monoisotopic (exact) mass is 397 g/mol. The third-order valence-corrected chi connectivity index (χ3v) is 6.10. The first-order valence-electron chi connectivity index (χ1n) is 9.75. The van der Waals surface area contributed by atoms with Gasteiger partial charge in [0.1, 0.15) is 0 Å². The fourth-order valence-corrected chi connectivity index (χ4v) is 4.69. The zero-order valence-corrected chi connectivity index (χ0v) is 17.0. The summed E-state index contributed by atoms with van der Waals surface area (Å²) in [6.45, 7) is 5.75. The number of rotatable bonds is 3. The number of nitrogens with zero attached hydrogens (tertiary/aromatic N) is 3. The number of aryl methyl sites for hydroxylation is 1. The maximum absolute atomic E-state index is 6.33. The highest BCUT2D eigenvalue weighted by Gasteiger charge is 2.40. The van der Waals surface area contributed by atoms with Crippen LogP contribution < -0.4 is 0 Å². The molecular weight excluding hydrogens is 374 g/mol. The molecule has 0 spiro atoms. The predicted molar refractivity (Wildman–Crippen MR) is 110 cm³/mol. The molecule has 1 saturated heterocycles. The van der Waals surface area contributed by atoms with E-state index in [1.54, 1.807) is 0 Å². The molecular formula is C22H24ClN3O2. The van der Waals surface area contributed by atoms with Crippen molar-refractivity contribution >= 4 is 22.5 Å². The van der Waals surface area contributed by atoms with Gasteiger partial charge in [-0.1, -0.05) is 11.6 Å². The van der Waals surface area contributed by atoms with E-state index in [1.807, 2.05) is 25.3 Å². The zero-order valence-electron chi connectivity index (χ0n) is 16.2. The molecule has 0 unspecified atom stereocenters. The first-order valence-corrected chi connectivity index (χ1v) is 10.1. The molecule has 146 valence electrons. The van der Waals surface area contributed by atoms with Gasteiger partial charge in [-0.2, -0.15) is 0 Å². The van der Waals surface area contributed by atoms with Crippen LogP contribution in [0.15, 0.2) is 36.5 Å². The van der Waals surface area contributed by atoms with E-state index in [2.05, 4.69) is 39.7 Å². The van der Waals surface area contributed by atoms with E-state index in [9.17, 15) is 0 Å². The third kappa shape index (κ3) is 2.94. The van der Waals surface area contributed by atoms with Gasteiger partial charge in [-0.05, 0) is 56.3 Å². The van der Waals surface area contributed by atoms with Crippen molar-refractivity contribution < 1.29 is 9.47 Å². The Morgan fingerprint density at radius 1 is 1.18 bits per heavy atom. The fraction of sp³-hybridized carbons (Fsp3) is 0.409. The second-order valence-electron chi connectivity index (χ2n) is 7.80. The average Bonchev–Trinajstić information content (AvgIpc) is 3.26. The summed E-state index contributed by atoms with van der Waals surface area (Å²) in [5, 5.41) is 2.02. The molecule has 0 N–H and O–H groups in total. The van der Waals surface area contributed by atoms with Crippen molar-refractivity contribution in [3.8, 4) is 0 Å². The number of ether oxygens (including phenoxy) is 2. The molecule has 0 atom stereocenters. The lowest BCUT2D eigenvalue weighted by Gasteiger charge is -2.31. The van der Waals surface area contributed by atoms with Crippen LogP contribution in [-0.2, 0) is 34.8 Å². The molecule has 0 amide bonds. The van der Waals surface area contributed by atoms with Gasteiger partial charge < -0.3 is 18.9 Å². The largest absolute Gasteiger partial charge is 0.342 e. The van der Waals surface area contributed by atoms with Crippen LogP contribution in [0.2, 0.25) is 5.02 Å². The molecule has 0 saturated carbocycles. The molecule has 5 rings (SSSR count). The van der Waals surface area contributed by atoms with Crippen LogP contribution >= 0.6 is 11.6 Å². The summed E-state index contributed by atoms with van der Waals surface area (Å²) in [6, 6.07) is 10.2. The van der Waals surface area contributed by atoms with Gasteiger partial charge in [0.05, 0.1) is 19.8 Å². The second-order valence-corrected chi connectivity index (χ2v) is 8.23. The molecule has 4 heterocycles. The summed E-state index contributed by atoms with van der Waals surface area (Å²) in [5.74, 6) is -0.789. The van der Waals surface area contributed by atoms with Crippen molar-refractivity contribution in [2.75, 3.05) is 26.8 Å². The first-order chi connectivity index (χ1) is 13.6. The summed E-state index contributed by atoms with van der Waals surface area (Å²) in [5.41, 5.74) is 5.90. The van der Waals surface area contributed by atoms with Crippen molar-refractivity contribution in [3.05, 3.63) is 64.1 Å². The van der Waals surface area contributed by atoms with Crippen LogP contribution in [0.25, 0.3) is 10.9 Å². The average molecular weight is 398 g/mol. The van der Waals surface area contributed by atoms with Crippen molar-refractivity contribution in [2.45, 2.75) is 32.2 Å². The maximum Gasteiger partial charge on any atom is 0.213 e. The van der Waals surface area contributed by atoms with E-state index in [0.717, 1.165) is 35.8 Å². The van der Waals surface area contributed by atoms with Crippen LogP contribution in [0.5, 0.6) is 0 Å². The Bertz CT molecular complexity index is 1040. The fourth-order valence-electron chi connectivity index (χ4n) is 4.52. The molecule has 28 heavy (non-hydrogen) atoms. The first kappa shape index (κ1) is 18.1. The Hall–Kier alpha value is -1.92. The molecule has 6 heteroatoms. The molecule has 2 aliphatic rings. The summed E-state index contributed by atoms with van der Waals surface area (Å²) in [7, 11) is 2.17. The lowest BCUT2D eigenvalue weighted by molar-refractivity contribution is -0.176. The maximum atomic E-state index is 6.33. The number of hydrogen-bond donors (Lipinski definition) is 0. The summed E-state index contributed by atoms with van der Waals surface area (Å²) in [6.07, 6.45) is 2.85. The van der Waals surface area contributed by atoms with E-state index in [4.69, 9.17) is 21.1 Å². The number of fused-ring (bicyclic) bond motifs is 3. The smallest absolute Gasteiger partial charge is 0.213 e. The molecule has 1 aromatic carbocycles. The van der Waals surface area contributed by atoms with Crippen LogP contribution in [0, 0.1) is 6.92 Å². The van der Waals surface area contributed by atoms with Gasteiger partial charge in [-0.3, -0.25) is 4.98 Å². The second kappa shape index (κ2) is 6.85. The standard InChI is InChI=1S/C22H24ClN3O2/c1-15-11-16(5-7-24-15)22(27-9-10-28-22)14-26-20-4-3-17(23)12-19(20)18-6-8-25(2)13-21(18)26/h3-5,7,11-12H,6,8-10,13-14H2,1-2H3. The number of aromatic nitrogens is 2. The zero-order chi connectivity index (χ0) is 19.3. The molecule has 5 nitrogen and oxygen atoms in total. The van der Waals surface area contributed by atoms with Gasteiger partial charge in [0.25, 0.3) is 0 Å². The SMILES string of the molecule is Cc1cc(C2(Cn3c4c(c5cc(Cl)ccc53)CCN(C)C4)OCCO2)ccn1. The minimum absolute atomic E-state index is 0.592. The number of benzene rings is 1. The van der Waals surface area contributed by atoms with E-state index < -0.39 is 5.79 Å². The lowest BCUT2D eigenvalue weighted by atomic mass is 10.0. The summed E-state index contributed by atoms with van der Waals surface area (Å²) in [4.78, 5) is 6.70. The lowest BCUT2D eigenvalue weighted by Crippen LogP contribution is -2.35. The minimum atomic E-state index is -0.789. The van der Waals surface area contributed by atoms with E-state index in [1.165, 1.54) is 22.2 Å². The Kier molecular flexibility index (Phi) is 4.43. The van der Waals surface area contributed by atoms with Crippen LogP contribution in [-0.4, -0.2) is 41.3 Å². The van der Waals surface area contributed by atoms with Crippen LogP contribution in [0.4, 0.5) is 0 Å². The molecule has 1 fully saturated rings. The number of halogens is 1. The topological polar surface area (TPSA) is 39.5 Å². The quantitative estimate of drug-likeness (QED) is 0.672. The highest BCUT2D eigenvalue weighted by molar-refractivity contribution is 6.31. The predicted octanol–water partition coefficient (Wildman–Crippen LogP) is 3.89. The normalized spacial score (nSPS) is 19.2. The van der Waals surface area contributed by atoms with Crippen molar-refractivity contribution in [2.24, 2.45) is 0 Å². The molecule has 0 aliphatic carbocycles. The van der Waals surface area contributed by atoms with Gasteiger partial charge in [0.15, 0.2) is 0 Å². The van der Waals surface area contributed by atoms with Gasteiger partial charge in [-0.15, -0.1) is 0 Å². The minimum Gasteiger partial charge on any atom is -0.342 e. The van der Waals surface area contributed by atoms with Crippen LogP contribution in [0.1, 0.15) is 22.5 Å². The number of likely N-dealkylation sites (N-methyl/N-ethyl adjacent to an activating group) is 1. The van der Waals surface area contributed by atoms with Crippen molar-refractivity contribution in [1.82, 2.24) is 14.5 Å². The van der Waals surface area contributed by atoms with Crippen LogP contribution in [0.3, 0.4) is 0 Å². The van der Waals surface area contributed by atoms with E-state index in [0.29, 0.717) is 19.8 Å². The third-order valence-electron chi connectivity index (χ3n) is 5.87. The Balaban J connectivity index is 1.67. The van der Waals surface area contributed by atoms with Crippen molar-refractivity contribution in [3.63, 3.8) is 0 Å². The molecule has 2 aliphatic heterocycles. The number of pyridine rings is 1. The van der Waals surface area contributed by atoms with Crippen molar-refractivity contribution in [1.29, 1.82) is 0 Å². The summed E-state index contributed by atoms with van der Waals surface area (Å²) >= 11 is 6.33. The van der Waals surface area contributed by atoms with Gasteiger partial charge in [-0.25, -0.2) is 0 Å². The molecule has 0 radical (unpaired) electrons. The van der Waals surface area contributed by atoms with E-state index in [-0.39, 0.29) is 0 Å². The summed E-state index contributed by atoms with van der Waals surface area (Å²) < 4.78 is 14.8.